The van der Waals surface area contributed by atoms with E-state index in [0.29, 0.717) is 6.54 Å². The number of hydrogen-bond donors (Lipinski definition) is 2. The smallest absolute Gasteiger partial charge is 0.327 e. The van der Waals surface area contributed by atoms with E-state index in [-0.39, 0.29) is 11.6 Å². The van der Waals surface area contributed by atoms with Crippen LogP contribution in [0.1, 0.15) is 13.8 Å². The maximum atomic E-state index is 11.4. The number of nitrogens with one attached hydrogen (secondary N) is 1. The van der Waals surface area contributed by atoms with Crippen LogP contribution in [0.5, 0.6) is 0 Å². The van der Waals surface area contributed by atoms with Gasteiger partial charge in [0, 0.05) is 24.5 Å². The minimum Gasteiger partial charge on any atom is -0.331 e. The Bertz CT molecular complexity index is 278. The lowest BCUT2D eigenvalue weighted by atomic mass is 10.1. The molecule has 1 amide bonds. The van der Waals surface area contributed by atoms with Gasteiger partial charge in [-0.25, -0.2) is 9.78 Å². The van der Waals surface area contributed by atoms with E-state index in [0.717, 1.165) is 0 Å². The Hall–Kier alpha value is -1.36. The highest BCUT2D eigenvalue weighted by Crippen LogP contribution is 1.99. The van der Waals surface area contributed by atoms with E-state index < -0.39 is 0 Å². The Morgan fingerprint density at radius 2 is 2.38 bits per heavy atom. The number of amides is 1. The van der Waals surface area contributed by atoms with Crippen molar-refractivity contribution in [2.24, 2.45) is 5.73 Å². The Kier molecular flexibility index (Phi) is 2.67. The summed E-state index contributed by atoms with van der Waals surface area (Å²) in [5.41, 5.74) is 5.08. The molecule has 0 aromatic carbocycles. The van der Waals surface area contributed by atoms with Crippen molar-refractivity contribution in [1.29, 1.82) is 0 Å². The van der Waals surface area contributed by atoms with Gasteiger partial charge in [-0.3, -0.25) is 4.57 Å². The Morgan fingerprint density at radius 1 is 1.69 bits per heavy atom. The molecular formula is C8H14N4O. The lowest BCUT2D eigenvalue weighted by molar-refractivity contribution is 0.232. The van der Waals surface area contributed by atoms with E-state index in [1.54, 1.807) is 12.4 Å². The first kappa shape index (κ1) is 9.73. The largest absolute Gasteiger partial charge is 0.331 e. The van der Waals surface area contributed by atoms with E-state index in [2.05, 4.69) is 10.3 Å². The number of carbonyl (C=O) groups excluding carboxylic acids is 1. The van der Waals surface area contributed by atoms with Gasteiger partial charge in [0.2, 0.25) is 0 Å². The van der Waals surface area contributed by atoms with Crippen molar-refractivity contribution in [2.75, 3.05) is 6.54 Å². The van der Waals surface area contributed by atoms with Crippen LogP contribution in [0.4, 0.5) is 4.79 Å². The van der Waals surface area contributed by atoms with Crippen molar-refractivity contribution in [3.05, 3.63) is 18.7 Å². The predicted molar refractivity (Wildman–Crippen MR) is 49.3 cm³/mol. The van der Waals surface area contributed by atoms with Gasteiger partial charge in [-0.15, -0.1) is 0 Å². The van der Waals surface area contributed by atoms with Gasteiger partial charge in [0.1, 0.15) is 6.33 Å². The number of carbonyl (C=O) groups is 1. The molecule has 1 aromatic heterocycles. The first-order valence-electron chi connectivity index (χ1n) is 4.06. The van der Waals surface area contributed by atoms with Gasteiger partial charge >= 0.3 is 6.03 Å². The molecule has 1 heterocycles. The molecular weight excluding hydrogens is 168 g/mol. The number of imidazole rings is 1. The van der Waals surface area contributed by atoms with Gasteiger partial charge in [0.25, 0.3) is 0 Å². The SMILES string of the molecule is CC(C)(CN)NC(=O)n1ccnc1. The summed E-state index contributed by atoms with van der Waals surface area (Å²) in [4.78, 5) is 15.2. The molecule has 0 aliphatic rings. The number of nitrogens with zero attached hydrogens (tertiary/aromatic N) is 2. The summed E-state index contributed by atoms with van der Waals surface area (Å²) in [6.45, 7) is 4.12. The van der Waals surface area contributed by atoms with Crippen LogP contribution in [0.3, 0.4) is 0 Å². The van der Waals surface area contributed by atoms with Crippen molar-refractivity contribution in [3.8, 4) is 0 Å². The lowest BCUT2D eigenvalue weighted by Gasteiger charge is -2.23. The van der Waals surface area contributed by atoms with Crippen LogP contribution in [-0.2, 0) is 0 Å². The molecule has 1 aromatic rings. The second-order valence-electron chi connectivity index (χ2n) is 3.49. The fraction of sp³-hybridized carbons (Fsp3) is 0.500. The van der Waals surface area contributed by atoms with Gasteiger partial charge in [0.15, 0.2) is 0 Å². The summed E-state index contributed by atoms with van der Waals surface area (Å²) in [6, 6.07) is -0.215. The zero-order chi connectivity index (χ0) is 9.90. The third-order valence-electron chi connectivity index (χ3n) is 1.69. The molecule has 0 fully saturated rings. The van der Waals surface area contributed by atoms with Crippen molar-refractivity contribution in [2.45, 2.75) is 19.4 Å². The Balaban J connectivity index is 2.61. The van der Waals surface area contributed by atoms with Crippen LogP contribution >= 0.6 is 0 Å². The van der Waals surface area contributed by atoms with Crippen LogP contribution in [-0.4, -0.2) is 27.7 Å². The van der Waals surface area contributed by atoms with Gasteiger partial charge in [-0.2, -0.15) is 0 Å². The van der Waals surface area contributed by atoms with E-state index in [1.807, 2.05) is 13.8 Å². The Labute approximate surface area is 76.9 Å². The van der Waals surface area contributed by atoms with Gasteiger partial charge in [-0.1, -0.05) is 0 Å². The lowest BCUT2D eigenvalue weighted by Crippen LogP contribution is -2.50. The van der Waals surface area contributed by atoms with E-state index in [4.69, 9.17) is 5.73 Å². The third-order valence-corrected chi connectivity index (χ3v) is 1.69. The summed E-state index contributed by atoms with van der Waals surface area (Å²) in [5.74, 6) is 0. The highest BCUT2D eigenvalue weighted by Gasteiger charge is 2.18. The summed E-state index contributed by atoms with van der Waals surface area (Å²) in [7, 11) is 0. The van der Waals surface area contributed by atoms with Crippen molar-refractivity contribution < 1.29 is 4.79 Å². The number of nitrogens with two attached hydrogens (primary N) is 1. The monoisotopic (exact) mass is 182 g/mol. The molecule has 5 nitrogen and oxygen atoms in total. The van der Waals surface area contributed by atoms with Crippen LogP contribution in [0.2, 0.25) is 0 Å². The summed E-state index contributed by atoms with van der Waals surface area (Å²) in [5, 5.41) is 2.77. The molecule has 0 aliphatic carbocycles. The molecule has 72 valence electrons. The first-order chi connectivity index (χ1) is 6.05. The summed E-state index contributed by atoms with van der Waals surface area (Å²) in [6.07, 6.45) is 4.58. The Morgan fingerprint density at radius 3 is 2.85 bits per heavy atom. The van der Waals surface area contributed by atoms with Gasteiger partial charge in [0.05, 0.1) is 0 Å². The summed E-state index contributed by atoms with van der Waals surface area (Å²) >= 11 is 0. The molecule has 3 N–H and O–H groups in total. The average molecular weight is 182 g/mol. The van der Waals surface area contributed by atoms with E-state index in [9.17, 15) is 4.79 Å². The minimum absolute atomic E-state index is 0.215. The molecule has 0 saturated carbocycles. The maximum Gasteiger partial charge on any atom is 0.327 e. The van der Waals surface area contributed by atoms with Crippen molar-refractivity contribution in [1.82, 2.24) is 14.9 Å². The van der Waals surface area contributed by atoms with Gasteiger partial charge < -0.3 is 11.1 Å². The highest BCUT2D eigenvalue weighted by atomic mass is 16.2. The molecule has 5 heteroatoms. The van der Waals surface area contributed by atoms with E-state index >= 15 is 0 Å². The number of hydrogen-bond acceptors (Lipinski definition) is 3. The average Bonchev–Trinajstić information content (AvgIpc) is 2.55. The minimum atomic E-state index is -0.388. The molecule has 0 bridgehead atoms. The molecule has 1 rings (SSSR count). The molecule has 0 saturated heterocycles. The molecule has 0 unspecified atom stereocenters. The quantitative estimate of drug-likeness (QED) is 0.685. The second-order valence-corrected chi connectivity index (χ2v) is 3.49. The van der Waals surface area contributed by atoms with Crippen LogP contribution in [0.15, 0.2) is 18.7 Å². The maximum absolute atomic E-state index is 11.4. The highest BCUT2D eigenvalue weighted by molar-refractivity contribution is 5.77. The molecule has 0 radical (unpaired) electrons. The molecule has 0 spiro atoms. The van der Waals surface area contributed by atoms with Gasteiger partial charge in [-0.05, 0) is 13.8 Å². The zero-order valence-electron chi connectivity index (χ0n) is 7.82. The molecule has 13 heavy (non-hydrogen) atoms. The van der Waals surface area contributed by atoms with Crippen molar-refractivity contribution >= 4 is 6.03 Å². The normalized spacial score (nSPS) is 11.3. The topological polar surface area (TPSA) is 72.9 Å². The predicted octanol–water partition coefficient (Wildman–Crippen LogP) is 0.178. The van der Waals surface area contributed by atoms with E-state index in [1.165, 1.54) is 10.9 Å². The second kappa shape index (κ2) is 3.57. The van der Waals surface area contributed by atoms with Crippen LogP contribution in [0, 0.1) is 0 Å². The first-order valence-corrected chi connectivity index (χ1v) is 4.06. The molecule has 0 aliphatic heterocycles. The fourth-order valence-corrected chi connectivity index (χ4v) is 0.784. The zero-order valence-corrected chi connectivity index (χ0v) is 7.82. The number of aromatic nitrogens is 2. The summed E-state index contributed by atoms with van der Waals surface area (Å²) < 4.78 is 1.37. The van der Waals surface area contributed by atoms with Crippen LogP contribution in [0.25, 0.3) is 0 Å². The standard InChI is InChI=1S/C8H14N4O/c1-8(2,5-9)11-7(13)12-4-3-10-6-12/h3-4,6H,5,9H2,1-2H3,(H,11,13). The fourth-order valence-electron chi connectivity index (χ4n) is 0.784. The number of rotatable bonds is 2. The molecule has 0 atom stereocenters. The van der Waals surface area contributed by atoms with Crippen molar-refractivity contribution in [3.63, 3.8) is 0 Å². The van der Waals surface area contributed by atoms with Crippen LogP contribution < -0.4 is 11.1 Å². The third kappa shape index (κ3) is 2.55.